The SMILES string of the molecule is Cc1cc2oc(=O)cc(CSc3nnc(-c4ccoc4C)n3N)c2cc1Cl. The number of aryl methyl sites for hydroxylation is 2. The number of furan rings is 1. The summed E-state index contributed by atoms with van der Waals surface area (Å²) in [4.78, 5) is 11.9. The lowest BCUT2D eigenvalue weighted by atomic mass is 10.1. The largest absolute Gasteiger partial charge is 0.469 e. The maximum Gasteiger partial charge on any atom is 0.336 e. The zero-order valence-corrected chi connectivity index (χ0v) is 16.1. The summed E-state index contributed by atoms with van der Waals surface area (Å²) in [6.07, 6.45) is 1.58. The van der Waals surface area contributed by atoms with E-state index in [2.05, 4.69) is 10.2 Å². The highest BCUT2D eigenvalue weighted by Crippen LogP contribution is 2.30. The van der Waals surface area contributed by atoms with E-state index in [1.165, 1.54) is 22.5 Å². The van der Waals surface area contributed by atoms with Crippen LogP contribution in [0.1, 0.15) is 16.9 Å². The molecule has 4 rings (SSSR count). The van der Waals surface area contributed by atoms with E-state index in [1.54, 1.807) is 24.5 Å². The van der Waals surface area contributed by atoms with Gasteiger partial charge in [0, 0.05) is 22.2 Å². The van der Waals surface area contributed by atoms with Gasteiger partial charge >= 0.3 is 5.63 Å². The van der Waals surface area contributed by atoms with Gasteiger partial charge in [-0.05, 0) is 43.2 Å². The van der Waals surface area contributed by atoms with Gasteiger partial charge in [-0.25, -0.2) is 9.47 Å². The van der Waals surface area contributed by atoms with Crippen molar-refractivity contribution in [3.63, 3.8) is 0 Å². The van der Waals surface area contributed by atoms with Crippen molar-refractivity contribution >= 4 is 34.3 Å². The summed E-state index contributed by atoms with van der Waals surface area (Å²) in [5.74, 6) is 7.83. The number of nitrogens with two attached hydrogens (primary N) is 1. The molecule has 2 N–H and O–H groups in total. The smallest absolute Gasteiger partial charge is 0.336 e. The van der Waals surface area contributed by atoms with Gasteiger partial charge in [0.15, 0.2) is 5.82 Å². The van der Waals surface area contributed by atoms with E-state index < -0.39 is 5.63 Å². The highest BCUT2D eigenvalue weighted by molar-refractivity contribution is 7.98. The maximum atomic E-state index is 11.9. The lowest BCUT2D eigenvalue weighted by Crippen LogP contribution is -2.11. The quantitative estimate of drug-likeness (QED) is 0.313. The van der Waals surface area contributed by atoms with Crippen LogP contribution in [0.3, 0.4) is 0 Å². The van der Waals surface area contributed by atoms with E-state index in [1.807, 2.05) is 13.8 Å². The minimum absolute atomic E-state index is 0.413. The molecule has 0 amide bonds. The molecule has 0 radical (unpaired) electrons. The van der Waals surface area contributed by atoms with Gasteiger partial charge in [-0.3, -0.25) is 0 Å². The van der Waals surface area contributed by atoms with Crippen LogP contribution in [-0.2, 0) is 5.75 Å². The molecule has 0 unspecified atom stereocenters. The van der Waals surface area contributed by atoms with Gasteiger partial charge in [-0.15, -0.1) is 10.2 Å². The van der Waals surface area contributed by atoms with Crippen LogP contribution >= 0.6 is 23.4 Å². The summed E-state index contributed by atoms with van der Waals surface area (Å²) < 4.78 is 12.0. The molecule has 0 saturated carbocycles. The Morgan fingerprint density at radius 3 is 2.81 bits per heavy atom. The van der Waals surface area contributed by atoms with Gasteiger partial charge < -0.3 is 14.7 Å². The normalized spacial score (nSPS) is 11.4. The van der Waals surface area contributed by atoms with Gasteiger partial charge in [0.2, 0.25) is 5.16 Å². The second-order valence-electron chi connectivity index (χ2n) is 6.04. The monoisotopic (exact) mass is 402 g/mol. The first-order chi connectivity index (χ1) is 12.9. The minimum atomic E-state index is -0.413. The third kappa shape index (κ3) is 3.22. The Hall–Kier alpha value is -2.71. The summed E-state index contributed by atoms with van der Waals surface area (Å²) in [6, 6.07) is 6.81. The maximum absolute atomic E-state index is 11.9. The average Bonchev–Trinajstić information content (AvgIpc) is 3.20. The molecule has 138 valence electrons. The van der Waals surface area contributed by atoms with Crippen LogP contribution in [0.25, 0.3) is 22.4 Å². The first-order valence-corrected chi connectivity index (χ1v) is 9.41. The number of nitrogens with zero attached hydrogens (tertiary/aromatic N) is 3. The lowest BCUT2D eigenvalue weighted by Gasteiger charge is -2.07. The van der Waals surface area contributed by atoms with Crippen molar-refractivity contribution in [2.75, 3.05) is 5.84 Å². The fourth-order valence-electron chi connectivity index (χ4n) is 2.79. The first-order valence-electron chi connectivity index (χ1n) is 8.04. The molecule has 0 saturated heterocycles. The highest BCUT2D eigenvalue weighted by atomic mass is 35.5. The van der Waals surface area contributed by atoms with Crippen LogP contribution in [0.5, 0.6) is 0 Å². The predicted molar refractivity (Wildman–Crippen MR) is 104 cm³/mol. The Kier molecular flexibility index (Phi) is 4.45. The number of hydrogen-bond donors (Lipinski definition) is 1. The number of benzene rings is 1. The molecule has 0 aliphatic carbocycles. The fourth-order valence-corrected chi connectivity index (χ4v) is 3.80. The van der Waals surface area contributed by atoms with Crippen LogP contribution in [0.4, 0.5) is 0 Å². The molecule has 9 heteroatoms. The van der Waals surface area contributed by atoms with Crippen LogP contribution in [0.15, 0.2) is 49.3 Å². The summed E-state index contributed by atoms with van der Waals surface area (Å²) >= 11 is 7.60. The number of nitrogen functional groups attached to an aromatic ring is 1. The fraction of sp³-hybridized carbons (Fsp3) is 0.167. The van der Waals surface area contributed by atoms with Gasteiger partial charge in [-0.2, -0.15) is 0 Å². The Bertz CT molecular complexity index is 1210. The average molecular weight is 403 g/mol. The molecule has 0 aliphatic rings. The van der Waals surface area contributed by atoms with Crippen LogP contribution in [0, 0.1) is 13.8 Å². The summed E-state index contributed by atoms with van der Waals surface area (Å²) in [5.41, 5.74) is 2.51. The summed E-state index contributed by atoms with van der Waals surface area (Å²) in [7, 11) is 0. The van der Waals surface area contributed by atoms with Crippen molar-refractivity contribution in [2.45, 2.75) is 24.8 Å². The number of hydrogen-bond acceptors (Lipinski definition) is 7. The number of fused-ring (bicyclic) bond motifs is 1. The van der Waals surface area contributed by atoms with Crippen molar-refractivity contribution < 1.29 is 8.83 Å². The zero-order chi connectivity index (χ0) is 19.1. The Morgan fingerprint density at radius 1 is 1.26 bits per heavy atom. The third-order valence-electron chi connectivity index (χ3n) is 4.23. The number of thioether (sulfide) groups is 1. The molecule has 0 atom stereocenters. The first kappa shape index (κ1) is 17.7. The van der Waals surface area contributed by atoms with E-state index in [0.29, 0.717) is 33.1 Å². The molecule has 3 aromatic heterocycles. The third-order valence-corrected chi connectivity index (χ3v) is 5.63. The molecule has 4 aromatic rings. The number of aromatic nitrogens is 3. The van der Waals surface area contributed by atoms with E-state index in [0.717, 1.165) is 22.1 Å². The molecule has 0 bridgehead atoms. The van der Waals surface area contributed by atoms with Crippen molar-refractivity contribution in [1.82, 2.24) is 14.9 Å². The Morgan fingerprint density at radius 2 is 2.07 bits per heavy atom. The molecule has 27 heavy (non-hydrogen) atoms. The second kappa shape index (κ2) is 6.79. The standard InChI is InChI=1S/C18H15ClN4O3S/c1-9-5-15-13(7-14(9)19)11(6-16(24)26-15)8-27-18-22-21-17(23(18)20)12-3-4-25-10(12)2/h3-7H,8,20H2,1-2H3. The number of halogens is 1. The number of rotatable bonds is 4. The van der Waals surface area contributed by atoms with Crippen LogP contribution in [-0.4, -0.2) is 14.9 Å². The Labute approximate surface area is 163 Å². The predicted octanol–water partition coefficient (Wildman–Crippen LogP) is 3.92. The van der Waals surface area contributed by atoms with Crippen LogP contribution in [0.2, 0.25) is 5.02 Å². The molecule has 0 fully saturated rings. The second-order valence-corrected chi connectivity index (χ2v) is 7.39. The lowest BCUT2D eigenvalue weighted by molar-refractivity contribution is 0.535. The highest BCUT2D eigenvalue weighted by Gasteiger charge is 2.16. The zero-order valence-electron chi connectivity index (χ0n) is 14.5. The van der Waals surface area contributed by atoms with Gasteiger partial charge in [0.1, 0.15) is 11.3 Å². The summed E-state index contributed by atoms with van der Waals surface area (Å²) in [6.45, 7) is 3.69. The molecule has 7 nitrogen and oxygen atoms in total. The Balaban J connectivity index is 1.67. The molecule has 0 spiro atoms. The van der Waals surface area contributed by atoms with Crippen molar-refractivity contribution in [2.24, 2.45) is 0 Å². The van der Waals surface area contributed by atoms with Gasteiger partial charge in [-0.1, -0.05) is 23.4 Å². The molecular weight excluding hydrogens is 388 g/mol. The van der Waals surface area contributed by atoms with E-state index in [9.17, 15) is 4.79 Å². The minimum Gasteiger partial charge on any atom is -0.469 e. The van der Waals surface area contributed by atoms with E-state index >= 15 is 0 Å². The van der Waals surface area contributed by atoms with Crippen molar-refractivity contribution in [1.29, 1.82) is 0 Å². The molecule has 0 aliphatic heterocycles. The van der Waals surface area contributed by atoms with Crippen molar-refractivity contribution in [3.05, 3.63) is 62.9 Å². The molecule has 1 aromatic carbocycles. The van der Waals surface area contributed by atoms with E-state index in [4.69, 9.17) is 26.3 Å². The molecule has 3 heterocycles. The van der Waals surface area contributed by atoms with Crippen molar-refractivity contribution in [3.8, 4) is 11.4 Å². The van der Waals surface area contributed by atoms with Crippen LogP contribution < -0.4 is 11.5 Å². The summed E-state index contributed by atoms with van der Waals surface area (Å²) in [5, 5.41) is 10.2. The van der Waals surface area contributed by atoms with Gasteiger partial charge in [0.25, 0.3) is 0 Å². The van der Waals surface area contributed by atoms with Gasteiger partial charge in [0.05, 0.1) is 11.8 Å². The topological polar surface area (TPSA) is 100 Å². The molecular formula is C18H15ClN4O3S. The van der Waals surface area contributed by atoms with E-state index in [-0.39, 0.29) is 0 Å².